The van der Waals surface area contributed by atoms with E-state index in [0.29, 0.717) is 23.7 Å². The summed E-state index contributed by atoms with van der Waals surface area (Å²) < 4.78 is 11.4. The van der Waals surface area contributed by atoms with Crippen LogP contribution in [0.2, 0.25) is 0 Å². The van der Waals surface area contributed by atoms with Crippen LogP contribution in [0.1, 0.15) is 41.6 Å². The largest absolute Gasteiger partial charge is 0.496 e. The lowest BCUT2D eigenvalue weighted by Crippen LogP contribution is -2.52. The summed E-state index contributed by atoms with van der Waals surface area (Å²) in [5.74, 6) is -0.0574. The second-order valence-electron chi connectivity index (χ2n) is 7.34. The number of ether oxygens (including phenoxy) is 2. The Bertz CT molecular complexity index is 801. The topological polar surface area (TPSA) is 106 Å². The van der Waals surface area contributed by atoms with Crippen LogP contribution in [0.15, 0.2) is 12.1 Å². The fourth-order valence-corrected chi connectivity index (χ4v) is 4.12. The molecule has 8 heteroatoms. The van der Waals surface area contributed by atoms with Gasteiger partial charge in [0, 0.05) is 17.4 Å². The van der Waals surface area contributed by atoms with E-state index in [1.54, 1.807) is 6.07 Å². The molecule has 144 valence electrons. The molecule has 2 fully saturated rings. The first kappa shape index (κ1) is 17.8. The molecule has 0 aliphatic carbocycles. The molecule has 0 bridgehead atoms. The van der Waals surface area contributed by atoms with Crippen LogP contribution < -0.4 is 25.4 Å². The van der Waals surface area contributed by atoms with Gasteiger partial charge in [0.2, 0.25) is 11.8 Å². The molecule has 3 aliphatic heterocycles. The number of piperidine rings is 2. The highest BCUT2D eigenvalue weighted by atomic mass is 16.5. The molecular formula is C19H23N3O5. The average molecular weight is 373 g/mol. The third-order valence-electron chi connectivity index (χ3n) is 5.73. The monoisotopic (exact) mass is 373 g/mol. The summed E-state index contributed by atoms with van der Waals surface area (Å²) in [5, 5.41) is 8.30. The van der Waals surface area contributed by atoms with E-state index in [9.17, 15) is 14.4 Å². The Labute approximate surface area is 157 Å². The van der Waals surface area contributed by atoms with Crippen molar-refractivity contribution in [3.05, 3.63) is 23.3 Å². The van der Waals surface area contributed by atoms with Crippen molar-refractivity contribution in [3.8, 4) is 11.5 Å². The zero-order valence-electron chi connectivity index (χ0n) is 15.2. The Hall–Kier alpha value is -2.61. The number of fused-ring (bicyclic) bond motifs is 2. The highest BCUT2D eigenvalue weighted by Crippen LogP contribution is 2.46. The Kier molecular flexibility index (Phi) is 4.51. The molecule has 1 aromatic rings. The van der Waals surface area contributed by atoms with Gasteiger partial charge < -0.3 is 20.1 Å². The number of carbonyl (C=O) groups excluding carboxylic acids is 3. The minimum absolute atomic E-state index is 0.0352. The average Bonchev–Trinajstić information content (AvgIpc) is 3.00. The van der Waals surface area contributed by atoms with Crippen LogP contribution in [0, 0.1) is 0 Å². The standard InChI is InChI=1S/C19H23N3O5/c1-26-14-9-12-15(27-10-19(12)4-6-20-7-5-19)8-11(14)17(24)21-13-2-3-16(23)22-18(13)25/h8-9,13,20H,2-7,10H2,1H3,(H,21,24)(H,22,23,25)/t13-/m0/s1. The Morgan fingerprint density at radius 1 is 1.30 bits per heavy atom. The molecule has 1 aromatic carbocycles. The molecule has 0 saturated carbocycles. The fraction of sp³-hybridized carbons (Fsp3) is 0.526. The molecule has 3 heterocycles. The summed E-state index contributed by atoms with van der Waals surface area (Å²) in [5.41, 5.74) is 1.37. The van der Waals surface area contributed by atoms with Crippen molar-refractivity contribution in [2.75, 3.05) is 26.8 Å². The molecule has 4 rings (SSSR count). The van der Waals surface area contributed by atoms with Crippen molar-refractivity contribution in [1.82, 2.24) is 16.0 Å². The lowest BCUT2D eigenvalue weighted by Gasteiger charge is -2.32. The van der Waals surface area contributed by atoms with Crippen molar-refractivity contribution >= 4 is 17.7 Å². The first-order chi connectivity index (χ1) is 13.0. The third kappa shape index (κ3) is 3.14. The zero-order chi connectivity index (χ0) is 19.0. The van der Waals surface area contributed by atoms with Crippen LogP contribution >= 0.6 is 0 Å². The molecule has 8 nitrogen and oxygen atoms in total. The van der Waals surface area contributed by atoms with Gasteiger partial charge in [-0.05, 0) is 44.5 Å². The molecule has 0 radical (unpaired) electrons. The lowest BCUT2D eigenvalue weighted by atomic mass is 9.74. The Morgan fingerprint density at radius 3 is 2.78 bits per heavy atom. The van der Waals surface area contributed by atoms with E-state index < -0.39 is 17.9 Å². The quantitative estimate of drug-likeness (QED) is 0.656. The number of benzene rings is 1. The van der Waals surface area contributed by atoms with Gasteiger partial charge >= 0.3 is 0 Å². The molecule has 1 spiro atoms. The van der Waals surface area contributed by atoms with Gasteiger partial charge in [0.05, 0.1) is 19.3 Å². The molecule has 3 amide bonds. The summed E-state index contributed by atoms with van der Waals surface area (Å²) in [7, 11) is 1.52. The van der Waals surface area contributed by atoms with Crippen molar-refractivity contribution in [1.29, 1.82) is 0 Å². The van der Waals surface area contributed by atoms with Gasteiger partial charge in [-0.1, -0.05) is 0 Å². The maximum atomic E-state index is 12.8. The van der Waals surface area contributed by atoms with Crippen LogP contribution in [-0.4, -0.2) is 50.6 Å². The third-order valence-corrected chi connectivity index (χ3v) is 5.73. The van der Waals surface area contributed by atoms with Gasteiger partial charge in [-0.15, -0.1) is 0 Å². The maximum absolute atomic E-state index is 12.8. The van der Waals surface area contributed by atoms with Crippen LogP contribution in [0.3, 0.4) is 0 Å². The Morgan fingerprint density at radius 2 is 2.07 bits per heavy atom. The van der Waals surface area contributed by atoms with Gasteiger partial charge in [0.15, 0.2) is 0 Å². The molecule has 0 aromatic heterocycles. The van der Waals surface area contributed by atoms with Crippen LogP contribution in [-0.2, 0) is 15.0 Å². The van der Waals surface area contributed by atoms with Crippen molar-refractivity contribution in [2.24, 2.45) is 0 Å². The molecule has 1 atom stereocenters. The molecule has 27 heavy (non-hydrogen) atoms. The predicted octanol–water partition coefficient (Wildman–Crippen LogP) is 0.244. The van der Waals surface area contributed by atoms with Gasteiger partial charge in [0.25, 0.3) is 5.91 Å². The normalized spacial score (nSPS) is 23.4. The van der Waals surface area contributed by atoms with E-state index in [1.165, 1.54) is 7.11 Å². The second-order valence-corrected chi connectivity index (χ2v) is 7.34. The highest BCUT2D eigenvalue weighted by molar-refractivity contribution is 6.04. The number of nitrogens with one attached hydrogen (secondary N) is 3. The van der Waals surface area contributed by atoms with E-state index in [1.807, 2.05) is 6.07 Å². The highest BCUT2D eigenvalue weighted by Gasteiger charge is 2.42. The van der Waals surface area contributed by atoms with E-state index in [2.05, 4.69) is 16.0 Å². The van der Waals surface area contributed by atoms with E-state index in [-0.39, 0.29) is 24.2 Å². The number of carbonyl (C=O) groups is 3. The molecule has 3 aliphatic rings. The SMILES string of the molecule is COc1cc2c(cc1C(=O)N[C@H]1CCC(=O)NC1=O)OCC21CCNCC1. The molecular weight excluding hydrogens is 350 g/mol. The minimum Gasteiger partial charge on any atom is -0.496 e. The molecule has 2 saturated heterocycles. The van der Waals surface area contributed by atoms with Gasteiger partial charge in [-0.25, -0.2) is 0 Å². The van der Waals surface area contributed by atoms with Crippen LogP contribution in [0.4, 0.5) is 0 Å². The summed E-state index contributed by atoms with van der Waals surface area (Å²) >= 11 is 0. The van der Waals surface area contributed by atoms with Gasteiger partial charge in [0.1, 0.15) is 17.5 Å². The summed E-state index contributed by atoms with van der Waals surface area (Å²) in [4.78, 5) is 35.9. The first-order valence-corrected chi connectivity index (χ1v) is 9.23. The van der Waals surface area contributed by atoms with Crippen molar-refractivity contribution < 1.29 is 23.9 Å². The molecule has 3 N–H and O–H groups in total. The number of imide groups is 1. The first-order valence-electron chi connectivity index (χ1n) is 9.23. The lowest BCUT2D eigenvalue weighted by molar-refractivity contribution is -0.134. The summed E-state index contributed by atoms with van der Waals surface area (Å²) in [6, 6.07) is 2.86. The molecule has 0 unspecified atom stereocenters. The second kappa shape index (κ2) is 6.84. The van der Waals surface area contributed by atoms with Crippen molar-refractivity contribution in [2.45, 2.75) is 37.1 Å². The van der Waals surface area contributed by atoms with Crippen molar-refractivity contribution in [3.63, 3.8) is 0 Å². The number of rotatable bonds is 3. The number of hydrogen-bond donors (Lipinski definition) is 3. The van der Waals surface area contributed by atoms with E-state index >= 15 is 0 Å². The summed E-state index contributed by atoms with van der Waals surface area (Å²) in [6.45, 7) is 2.47. The van der Waals surface area contributed by atoms with Gasteiger partial charge in [-0.2, -0.15) is 0 Å². The van der Waals surface area contributed by atoms with Crippen LogP contribution in [0.25, 0.3) is 0 Å². The maximum Gasteiger partial charge on any atom is 0.255 e. The smallest absolute Gasteiger partial charge is 0.255 e. The van der Waals surface area contributed by atoms with E-state index in [4.69, 9.17) is 9.47 Å². The number of methoxy groups -OCH3 is 1. The number of amides is 3. The minimum atomic E-state index is -0.732. The Balaban J connectivity index is 1.59. The zero-order valence-corrected chi connectivity index (χ0v) is 15.2. The number of hydrogen-bond acceptors (Lipinski definition) is 6. The fourth-order valence-electron chi connectivity index (χ4n) is 4.12. The van der Waals surface area contributed by atoms with E-state index in [0.717, 1.165) is 31.5 Å². The summed E-state index contributed by atoms with van der Waals surface area (Å²) in [6.07, 6.45) is 2.45. The van der Waals surface area contributed by atoms with Crippen LogP contribution in [0.5, 0.6) is 11.5 Å². The van der Waals surface area contributed by atoms with Gasteiger partial charge in [-0.3, -0.25) is 19.7 Å². The predicted molar refractivity (Wildman–Crippen MR) is 95.9 cm³/mol.